The molecule has 15 heavy (non-hydrogen) atoms. The van der Waals surface area contributed by atoms with Crippen molar-refractivity contribution in [2.75, 3.05) is 6.61 Å². The highest BCUT2D eigenvalue weighted by molar-refractivity contribution is 9.10. The third kappa shape index (κ3) is 3.88. The van der Waals surface area contributed by atoms with Gasteiger partial charge in [-0.2, -0.15) is 0 Å². The smallest absolute Gasteiger partial charge is 0.333 e. The summed E-state index contributed by atoms with van der Waals surface area (Å²) >= 11 is 3.37. The molecule has 0 amide bonds. The number of benzene rings is 1. The van der Waals surface area contributed by atoms with E-state index in [1.165, 1.54) is 0 Å². The number of halogens is 1. The van der Waals surface area contributed by atoms with Crippen molar-refractivity contribution in [2.45, 2.75) is 13.8 Å². The standard InChI is InChI=1S/C12H13BrO2/c1-3-15-12(14)9(2)7-10-5-4-6-11(13)8-10/h4-8H,3H2,1-2H3. The molecule has 0 heterocycles. The lowest BCUT2D eigenvalue weighted by Gasteiger charge is -2.01. The second kappa shape index (κ2) is 5.71. The molecule has 0 aliphatic carbocycles. The Hall–Kier alpha value is -1.09. The van der Waals surface area contributed by atoms with Crippen LogP contribution in [0.25, 0.3) is 6.08 Å². The topological polar surface area (TPSA) is 26.3 Å². The summed E-state index contributed by atoms with van der Waals surface area (Å²) in [5.41, 5.74) is 1.59. The minimum atomic E-state index is -0.266. The quantitative estimate of drug-likeness (QED) is 0.620. The predicted octanol–water partition coefficient (Wildman–Crippen LogP) is 3.42. The molecule has 1 aromatic rings. The zero-order chi connectivity index (χ0) is 11.3. The van der Waals surface area contributed by atoms with E-state index in [0.717, 1.165) is 10.0 Å². The van der Waals surface area contributed by atoms with E-state index in [2.05, 4.69) is 15.9 Å². The molecule has 0 fully saturated rings. The Bertz CT molecular complexity index is 383. The molecule has 0 radical (unpaired) electrons. The minimum absolute atomic E-state index is 0.266. The van der Waals surface area contributed by atoms with E-state index in [4.69, 9.17) is 4.74 Å². The van der Waals surface area contributed by atoms with Crippen LogP contribution in [0.5, 0.6) is 0 Å². The van der Waals surface area contributed by atoms with Gasteiger partial charge in [0.05, 0.1) is 6.61 Å². The lowest BCUT2D eigenvalue weighted by molar-refractivity contribution is -0.138. The first-order valence-corrected chi connectivity index (χ1v) is 5.53. The van der Waals surface area contributed by atoms with Crippen LogP contribution in [0, 0.1) is 0 Å². The van der Waals surface area contributed by atoms with Crippen molar-refractivity contribution in [1.82, 2.24) is 0 Å². The highest BCUT2D eigenvalue weighted by Crippen LogP contribution is 2.14. The van der Waals surface area contributed by atoms with Gasteiger partial charge in [0.15, 0.2) is 0 Å². The number of hydrogen-bond donors (Lipinski definition) is 0. The van der Waals surface area contributed by atoms with Crippen LogP contribution in [0.15, 0.2) is 34.3 Å². The van der Waals surface area contributed by atoms with Crippen LogP contribution in [-0.4, -0.2) is 12.6 Å². The summed E-state index contributed by atoms with van der Waals surface area (Å²) in [5, 5.41) is 0. The van der Waals surface area contributed by atoms with Crippen molar-refractivity contribution in [3.63, 3.8) is 0 Å². The average Bonchev–Trinajstić information content (AvgIpc) is 2.18. The molecule has 0 aliphatic heterocycles. The van der Waals surface area contributed by atoms with Gasteiger partial charge in [-0.15, -0.1) is 0 Å². The Morgan fingerprint density at radius 3 is 2.87 bits per heavy atom. The van der Waals surface area contributed by atoms with Gasteiger partial charge in [-0.05, 0) is 37.6 Å². The Morgan fingerprint density at radius 2 is 2.27 bits per heavy atom. The van der Waals surface area contributed by atoms with Gasteiger partial charge in [0.1, 0.15) is 0 Å². The summed E-state index contributed by atoms with van der Waals surface area (Å²) in [7, 11) is 0. The molecule has 1 aromatic carbocycles. The van der Waals surface area contributed by atoms with Crippen molar-refractivity contribution in [3.8, 4) is 0 Å². The van der Waals surface area contributed by atoms with Crippen molar-refractivity contribution in [3.05, 3.63) is 39.9 Å². The summed E-state index contributed by atoms with van der Waals surface area (Å²) in [6.07, 6.45) is 1.81. The third-order valence-corrected chi connectivity index (χ3v) is 2.32. The van der Waals surface area contributed by atoms with Crippen molar-refractivity contribution >= 4 is 28.0 Å². The van der Waals surface area contributed by atoms with Crippen molar-refractivity contribution in [1.29, 1.82) is 0 Å². The zero-order valence-corrected chi connectivity index (χ0v) is 10.4. The van der Waals surface area contributed by atoms with Crippen molar-refractivity contribution < 1.29 is 9.53 Å². The molecule has 0 aromatic heterocycles. The lowest BCUT2D eigenvalue weighted by atomic mass is 10.1. The van der Waals surface area contributed by atoms with Crippen LogP contribution in [0.2, 0.25) is 0 Å². The first kappa shape index (κ1) is 12.0. The largest absolute Gasteiger partial charge is 0.463 e. The maximum absolute atomic E-state index is 11.3. The van der Waals surface area contributed by atoms with Gasteiger partial charge in [-0.1, -0.05) is 28.1 Å². The van der Waals surface area contributed by atoms with E-state index >= 15 is 0 Å². The second-order valence-electron chi connectivity index (χ2n) is 3.10. The molecular weight excluding hydrogens is 256 g/mol. The van der Waals surface area contributed by atoms with E-state index in [9.17, 15) is 4.79 Å². The zero-order valence-electron chi connectivity index (χ0n) is 8.79. The van der Waals surface area contributed by atoms with E-state index in [1.807, 2.05) is 30.3 Å². The third-order valence-electron chi connectivity index (χ3n) is 1.83. The molecule has 0 unspecified atom stereocenters. The first-order valence-electron chi connectivity index (χ1n) is 4.74. The molecule has 0 N–H and O–H groups in total. The second-order valence-corrected chi connectivity index (χ2v) is 4.02. The van der Waals surface area contributed by atoms with Gasteiger partial charge in [-0.25, -0.2) is 4.79 Å². The molecule has 1 rings (SSSR count). The van der Waals surface area contributed by atoms with Crippen LogP contribution in [0.1, 0.15) is 19.4 Å². The number of hydrogen-bond acceptors (Lipinski definition) is 2. The summed E-state index contributed by atoms with van der Waals surface area (Å²) in [6, 6.07) is 7.75. The molecule has 0 atom stereocenters. The Balaban J connectivity index is 2.82. The number of carbonyl (C=O) groups excluding carboxylic acids is 1. The summed E-state index contributed by atoms with van der Waals surface area (Å²) < 4.78 is 5.88. The summed E-state index contributed by atoms with van der Waals surface area (Å²) in [4.78, 5) is 11.3. The highest BCUT2D eigenvalue weighted by Gasteiger charge is 2.03. The van der Waals surface area contributed by atoms with Gasteiger partial charge in [-0.3, -0.25) is 0 Å². The monoisotopic (exact) mass is 268 g/mol. The van der Waals surface area contributed by atoms with E-state index in [1.54, 1.807) is 13.8 Å². The van der Waals surface area contributed by atoms with Gasteiger partial charge in [0.25, 0.3) is 0 Å². The van der Waals surface area contributed by atoms with E-state index < -0.39 is 0 Å². The van der Waals surface area contributed by atoms with Gasteiger partial charge >= 0.3 is 5.97 Å². The maximum Gasteiger partial charge on any atom is 0.333 e. The molecule has 0 aliphatic rings. The molecule has 0 saturated carbocycles. The SMILES string of the molecule is CCOC(=O)C(C)=Cc1cccc(Br)c1. The Morgan fingerprint density at radius 1 is 1.53 bits per heavy atom. The fraction of sp³-hybridized carbons (Fsp3) is 0.250. The number of rotatable bonds is 3. The number of ether oxygens (including phenoxy) is 1. The Kier molecular flexibility index (Phi) is 4.56. The fourth-order valence-electron chi connectivity index (χ4n) is 1.15. The van der Waals surface area contributed by atoms with Gasteiger partial charge < -0.3 is 4.74 Å². The predicted molar refractivity (Wildman–Crippen MR) is 64.4 cm³/mol. The normalized spacial score (nSPS) is 11.3. The average molecular weight is 269 g/mol. The van der Waals surface area contributed by atoms with E-state index in [-0.39, 0.29) is 5.97 Å². The summed E-state index contributed by atoms with van der Waals surface area (Å²) in [5.74, 6) is -0.266. The minimum Gasteiger partial charge on any atom is -0.463 e. The fourth-order valence-corrected chi connectivity index (χ4v) is 1.57. The highest BCUT2D eigenvalue weighted by atomic mass is 79.9. The Labute approximate surface area is 98.1 Å². The number of esters is 1. The van der Waals surface area contributed by atoms with Crippen LogP contribution in [0.3, 0.4) is 0 Å². The molecule has 80 valence electrons. The molecule has 0 spiro atoms. The van der Waals surface area contributed by atoms with Crippen LogP contribution < -0.4 is 0 Å². The van der Waals surface area contributed by atoms with Gasteiger partial charge in [0, 0.05) is 10.0 Å². The van der Waals surface area contributed by atoms with Crippen LogP contribution in [0.4, 0.5) is 0 Å². The van der Waals surface area contributed by atoms with Crippen LogP contribution >= 0.6 is 15.9 Å². The summed E-state index contributed by atoms with van der Waals surface area (Å²) in [6.45, 7) is 3.95. The molecular formula is C12H13BrO2. The molecule has 0 bridgehead atoms. The maximum atomic E-state index is 11.3. The molecule has 0 saturated heterocycles. The van der Waals surface area contributed by atoms with E-state index in [0.29, 0.717) is 12.2 Å². The van der Waals surface area contributed by atoms with Crippen LogP contribution in [-0.2, 0) is 9.53 Å². The van der Waals surface area contributed by atoms with Gasteiger partial charge in [0.2, 0.25) is 0 Å². The molecule has 2 nitrogen and oxygen atoms in total. The first-order chi connectivity index (χ1) is 7.13. The van der Waals surface area contributed by atoms with Crippen molar-refractivity contribution in [2.24, 2.45) is 0 Å². The molecule has 3 heteroatoms. The number of carbonyl (C=O) groups is 1. The lowest BCUT2D eigenvalue weighted by Crippen LogP contribution is -2.04.